The average molecular weight is 403 g/mol. The molecule has 150 valence electrons. The molecule has 2 aromatic carbocycles. The van der Waals surface area contributed by atoms with Gasteiger partial charge in [-0.2, -0.15) is 0 Å². The predicted octanol–water partition coefficient (Wildman–Crippen LogP) is 2.08. The molecular formula is C19H15F2N3O5. The number of hydrogen-bond acceptors (Lipinski definition) is 6. The molecule has 0 aliphatic carbocycles. The number of anilines is 1. The van der Waals surface area contributed by atoms with Gasteiger partial charge >= 0.3 is 0 Å². The highest BCUT2D eigenvalue weighted by Gasteiger charge is 2.42. The lowest BCUT2D eigenvalue weighted by Gasteiger charge is -2.20. The number of carbonyl (C=O) groups excluding carboxylic acids is 2. The van der Waals surface area contributed by atoms with Crippen molar-refractivity contribution < 1.29 is 28.4 Å². The van der Waals surface area contributed by atoms with Crippen LogP contribution in [0.25, 0.3) is 5.57 Å². The Morgan fingerprint density at radius 1 is 1.10 bits per heavy atom. The van der Waals surface area contributed by atoms with Crippen molar-refractivity contribution in [2.45, 2.75) is 0 Å². The summed E-state index contributed by atoms with van der Waals surface area (Å²) in [6, 6.07) is 7.39. The molecule has 0 fully saturated rings. The largest absolute Gasteiger partial charge is 0.395 e. The second-order valence-corrected chi connectivity index (χ2v) is 6.21. The Labute approximate surface area is 163 Å². The molecule has 1 aliphatic heterocycles. The lowest BCUT2D eigenvalue weighted by Crippen LogP contribution is -2.35. The first kappa shape index (κ1) is 20.1. The lowest BCUT2D eigenvalue weighted by molar-refractivity contribution is -0.384. The van der Waals surface area contributed by atoms with Crippen molar-refractivity contribution in [1.29, 1.82) is 0 Å². The number of likely N-dealkylation sites (N-methyl/N-ethyl adjacent to an activating group) is 1. The highest BCUT2D eigenvalue weighted by Crippen LogP contribution is 2.35. The van der Waals surface area contributed by atoms with Gasteiger partial charge in [0.1, 0.15) is 17.3 Å². The SMILES string of the molecule is CN(CCO)C1=C(c2ccc([N+](=O)[O-])cc2)C(=O)N(c2ccc(F)cc2F)C1=O. The van der Waals surface area contributed by atoms with E-state index in [2.05, 4.69) is 0 Å². The molecule has 29 heavy (non-hydrogen) atoms. The minimum absolute atomic E-state index is 0.00454. The molecule has 1 N–H and O–H groups in total. The van der Waals surface area contributed by atoms with Crippen molar-refractivity contribution in [2.24, 2.45) is 0 Å². The van der Waals surface area contributed by atoms with Crippen LogP contribution in [0.2, 0.25) is 0 Å². The van der Waals surface area contributed by atoms with Crippen LogP contribution in [0.15, 0.2) is 48.2 Å². The Morgan fingerprint density at radius 2 is 1.76 bits per heavy atom. The molecule has 0 unspecified atom stereocenters. The maximum atomic E-state index is 14.3. The fourth-order valence-corrected chi connectivity index (χ4v) is 3.03. The molecule has 0 saturated heterocycles. The van der Waals surface area contributed by atoms with Crippen molar-refractivity contribution in [1.82, 2.24) is 4.90 Å². The average Bonchev–Trinajstić information content (AvgIpc) is 2.93. The van der Waals surface area contributed by atoms with Crippen LogP contribution in [-0.2, 0) is 9.59 Å². The number of amides is 2. The number of non-ortho nitro benzene ring substituents is 1. The summed E-state index contributed by atoms with van der Waals surface area (Å²) in [6.07, 6.45) is 0. The zero-order valence-electron chi connectivity index (χ0n) is 15.1. The van der Waals surface area contributed by atoms with E-state index in [9.17, 15) is 33.6 Å². The van der Waals surface area contributed by atoms with E-state index in [0.717, 1.165) is 12.1 Å². The standard InChI is InChI=1S/C19H15F2N3O5/c1-22(8-9-25)17-16(11-2-5-13(6-3-11)24(28)29)18(26)23(19(17)27)15-7-4-12(20)10-14(15)21/h2-7,10,25H,8-9H2,1H3. The number of aliphatic hydroxyl groups is 1. The van der Waals surface area contributed by atoms with Crippen LogP contribution in [0, 0.1) is 21.7 Å². The molecule has 8 nitrogen and oxygen atoms in total. The van der Waals surface area contributed by atoms with Gasteiger partial charge in [0.2, 0.25) is 0 Å². The van der Waals surface area contributed by atoms with Crippen LogP contribution in [-0.4, -0.2) is 46.9 Å². The van der Waals surface area contributed by atoms with E-state index in [1.165, 1.54) is 36.2 Å². The van der Waals surface area contributed by atoms with E-state index in [-0.39, 0.29) is 35.7 Å². The summed E-state index contributed by atoms with van der Waals surface area (Å²) >= 11 is 0. The molecule has 0 atom stereocenters. The second-order valence-electron chi connectivity index (χ2n) is 6.21. The number of aliphatic hydroxyl groups excluding tert-OH is 1. The van der Waals surface area contributed by atoms with Crippen molar-refractivity contribution in [3.63, 3.8) is 0 Å². The number of hydrogen-bond donors (Lipinski definition) is 1. The van der Waals surface area contributed by atoms with Crippen molar-refractivity contribution in [3.05, 3.63) is 75.5 Å². The van der Waals surface area contributed by atoms with Gasteiger partial charge in [-0.15, -0.1) is 0 Å². The third-order valence-electron chi connectivity index (χ3n) is 4.39. The third kappa shape index (κ3) is 3.57. The Hall–Kier alpha value is -3.66. The van der Waals surface area contributed by atoms with Gasteiger partial charge in [-0.25, -0.2) is 13.7 Å². The number of rotatable bonds is 6. The van der Waals surface area contributed by atoms with E-state index >= 15 is 0 Å². The maximum Gasteiger partial charge on any atom is 0.282 e. The molecule has 0 saturated carbocycles. The van der Waals surface area contributed by atoms with Gasteiger partial charge in [0, 0.05) is 31.8 Å². The van der Waals surface area contributed by atoms with E-state index in [0.29, 0.717) is 11.0 Å². The molecule has 1 heterocycles. The summed E-state index contributed by atoms with van der Waals surface area (Å²) in [5.74, 6) is -3.69. The van der Waals surface area contributed by atoms with Crippen molar-refractivity contribution in [3.8, 4) is 0 Å². The Balaban J connectivity index is 2.14. The third-order valence-corrected chi connectivity index (χ3v) is 4.39. The number of carbonyl (C=O) groups is 2. The molecule has 0 radical (unpaired) electrons. The Kier molecular flexibility index (Phi) is 5.37. The summed E-state index contributed by atoms with van der Waals surface area (Å²) in [5, 5.41) is 20.1. The van der Waals surface area contributed by atoms with E-state index < -0.39 is 34.1 Å². The minimum Gasteiger partial charge on any atom is -0.395 e. The van der Waals surface area contributed by atoms with Gasteiger partial charge in [0.15, 0.2) is 0 Å². The summed E-state index contributed by atoms with van der Waals surface area (Å²) in [5.41, 5.74) is -0.643. The van der Waals surface area contributed by atoms with Gasteiger partial charge in [-0.1, -0.05) is 0 Å². The van der Waals surface area contributed by atoms with Crippen LogP contribution < -0.4 is 4.90 Å². The molecule has 0 bridgehead atoms. The van der Waals surface area contributed by atoms with Crippen LogP contribution in [0.1, 0.15) is 5.56 Å². The lowest BCUT2D eigenvalue weighted by atomic mass is 10.0. The first-order valence-corrected chi connectivity index (χ1v) is 8.41. The molecule has 2 aromatic rings. The maximum absolute atomic E-state index is 14.3. The minimum atomic E-state index is -1.10. The second kappa shape index (κ2) is 7.76. The summed E-state index contributed by atoms with van der Waals surface area (Å²) in [4.78, 5) is 38.2. The topological polar surface area (TPSA) is 104 Å². The number of halogens is 2. The zero-order chi connectivity index (χ0) is 21.3. The van der Waals surface area contributed by atoms with Crippen LogP contribution in [0.5, 0.6) is 0 Å². The van der Waals surface area contributed by atoms with E-state index in [4.69, 9.17) is 0 Å². The number of imide groups is 1. The molecule has 2 amide bonds. The molecule has 1 aliphatic rings. The fourth-order valence-electron chi connectivity index (χ4n) is 3.03. The Morgan fingerprint density at radius 3 is 2.31 bits per heavy atom. The highest BCUT2D eigenvalue weighted by atomic mass is 19.1. The number of nitrogens with zero attached hydrogens (tertiary/aromatic N) is 3. The van der Waals surface area contributed by atoms with Crippen molar-refractivity contribution >= 4 is 28.8 Å². The summed E-state index contributed by atoms with van der Waals surface area (Å²) in [7, 11) is 1.46. The normalized spacial score (nSPS) is 14.0. The molecule has 3 rings (SSSR count). The van der Waals surface area contributed by atoms with Gasteiger partial charge in [-0.3, -0.25) is 19.7 Å². The monoisotopic (exact) mass is 403 g/mol. The smallest absolute Gasteiger partial charge is 0.282 e. The zero-order valence-corrected chi connectivity index (χ0v) is 15.1. The summed E-state index contributed by atoms with van der Waals surface area (Å²) < 4.78 is 27.5. The van der Waals surface area contributed by atoms with E-state index in [1.54, 1.807) is 0 Å². The summed E-state index contributed by atoms with van der Waals surface area (Å²) in [6.45, 7) is -0.315. The fraction of sp³-hybridized carbons (Fsp3) is 0.158. The van der Waals surface area contributed by atoms with Gasteiger partial charge in [0.25, 0.3) is 17.5 Å². The van der Waals surface area contributed by atoms with Gasteiger partial charge in [-0.05, 0) is 29.8 Å². The first-order valence-electron chi connectivity index (χ1n) is 8.41. The first-order chi connectivity index (χ1) is 13.8. The van der Waals surface area contributed by atoms with Crippen LogP contribution >= 0.6 is 0 Å². The molecular weight excluding hydrogens is 388 g/mol. The van der Waals surface area contributed by atoms with Gasteiger partial charge < -0.3 is 10.0 Å². The highest BCUT2D eigenvalue weighted by molar-refractivity contribution is 6.45. The van der Waals surface area contributed by atoms with Crippen LogP contribution in [0.3, 0.4) is 0 Å². The van der Waals surface area contributed by atoms with E-state index in [1.807, 2.05) is 0 Å². The quantitative estimate of drug-likeness (QED) is 0.450. The predicted molar refractivity (Wildman–Crippen MR) is 98.6 cm³/mol. The Bertz CT molecular complexity index is 1040. The molecule has 0 aromatic heterocycles. The van der Waals surface area contributed by atoms with Crippen molar-refractivity contribution in [2.75, 3.05) is 25.1 Å². The number of benzene rings is 2. The molecule has 10 heteroatoms. The van der Waals surface area contributed by atoms with Crippen LogP contribution in [0.4, 0.5) is 20.2 Å². The van der Waals surface area contributed by atoms with Gasteiger partial charge in [0.05, 0.1) is 22.8 Å². The number of nitro benzene ring substituents is 1. The number of nitro groups is 1. The molecule has 0 spiro atoms.